The number of hydrogen-bond acceptors (Lipinski definition) is 3. The van der Waals surface area contributed by atoms with E-state index in [4.69, 9.17) is 5.73 Å². The number of nitrogens with one attached hydrogen (secondary N) is 1. The van der Waals surface area contributed by atoms with Crippen molar-refractivity contribution in [3.63, 3.8) is 0 Å². The van der Waals surface area contributed by atoms with Crippen LogP contribution in [0.15, 0.2) is 24.3 Å². The molecule has 1 heterocycles. The average molecular weight is 312 g/mol. The quantitative estimate of drug-likeness (QED) is 0.824. The molecule has 1 aromatic carbocycles. The van der Waals surface area contributed by atoms with Gasteiger partial charge in [-0.1, -0.05) is 19.1 Å². The fourth-order valence-electron chi connectivity index (χ4n) is 1.77. The summed E-state index contributed by atoms with van der Waals surface area (Å²) in [7, 11) is 0. The van der Waals surface area contributed by atoms with Crippen LogP contribution in [-0.4, -0.2) is 4.99 Å². The van der Waals surface area contributed by atoms with Gasteiger partial charge in [0.15, 0.2) is 11.6 Å². The van der Waals surface area contributed by atoms with Gasteiger partial charge in [0.25, 0.3) is 0 Å². The molecule has 2 nitrogen and oxygen atoms in total. The standard InChI is InChI=1S/C14H14F2N2S2/c1-2-8-3-4-9(20-8)7-18-11-6-5-10(14(17)19)12(15)13(11)16/h3-6,18H,2,7H2,1H3,(H2,17,19). The number of halogens is 2. The molecule has 0 atom stereocenters. The number of anilines is 1. The largest absolute Gasteiger partial charge is 0.389 e. The van der Waals surface area contributed by atoms with Crippen molar-refractivity contribution in [2.45, 2.75) is 19.9 Å². The van der Waals surface area contributed by atoms with Crippen LogP contribution in [0, 0.1) is 11.6 Å². The lowest BCUT2D eigenvalue weighted by atomic mass is 10.1. The molecular formula is C14H14F2N2S2. The Balaban J connectivity index is 2.14. The van der Waals surface area contributed by atoms with E-state index >= 15 is 0 Å². The highest BCUT2D eigenvalue weighted by Gasteiger charge is 2.14. The van der Waals surface area contributed by atoms with E-state index in [2.05, 4.69) is 24.5 Å². The molecule has 106 valence electrons. The molecule has 0 aliphatic rings. The van der Waals surface area contributed by atoms with E-state index in [1.807, 2.05) is 12.1 Å². The highest BCUT2D eigenvalue weighted by atomic mass is 32.1. The van der Waals surface area contributed by atoms with Crippen molar-refractivity contribution in [3.05, 3.63) is 51.2 Å². The van der Waals surface area contributed by atoms with Crippen molar-refractivity contribution in [1.82, 2.24) is 0 Å². The lowest BCUT2D eigenvalue weighted by Gasteiger charge is -2.09. The van der Waals surface area contributed by atoms with Crippen LogP contribution in [0.2, 0.25) is 0 Å². The zero-order valence-corrected chi connectivity index (χ0v) is 12.5. The smallest absolute Gasteiger partial charge is 0.182 e. The third kappa shape index (κ3) is 3.13. The number of thiocarbonyl (C=S) groups is 1. The van der Waals surface area contributed by atoms with Crippen LogP contribution in [0.4, 0.5) is 14.5 Å². The molecule has 6 heteroatoms. The third-order valence-electron chi connectivity index (χ3n) is 2.87. The zero-order valence-electron chi connectivity index (χ0n) is 10.9. The molecule has 0 unspecified atom stereocenters. The molecule has 0 amide bonds. The summed E-state index contributed by atoms with van der Waals surface area (Å²) in [6, 6.07) is 6.85. The predicted molar refractivity (Wildman–Crippen MR) is 83.3 cm³/mol. The van der Waals surface area contributed by atoms with Crippen molar-refractivity contribution in [1.29, 1.82) is 0 Å². The highest BCUT2D eigenvalue weighted by Crippen LogP contribution is 2.23. The van der Waals surface area contributed by atoms with Gasteiger partial charge in [0.2, 0.25) is 0 Å². The van der Waals surface area contributed by atoms with Crippen molar-refractivity contribution < 1.29 is 8.78 Å². The summed E-state index contributed by atoms with van der Waals surface area (Å²) in [6.07, 6.45) is 0.969. The zero-order chi connectivity index (χ0) is 14.7. The topological polar surface area (TPSA) is 38.0 Å². The van der Waals surface area contributed by atoms with E-state index < -0.39 is 11.6 Å². The number of nitrogens with two attached hydrogens (primary N) is 1. The molecule has 2 rings (SSSR count). The molecule has 0 aliphatic heterocycles. The molecule has 0 bridgehead atoms. The van der Waals surface area contributed by atoms with Crippen molar-refractivity contribution in [2.75, 3.05) is 5.32 Å². The molecule has 3 N–H and O–H groups in total. The van der Waals surface area contributed by atoms with Crippen molar-refractivity contribution >= 4 is 34.2 Å². The Labute approximate surface area is 125 Å². The lowest BCUT2D eigenvalue weighted by molar-refractivity contribution is 0.509. The van der Waals surface area contributed by atoms with Gasteiger partial charge in [0.05, 0.1) is 5.69 Å². The molecule has 0 fully saturated rings. The number of hydrogen-bond donors (Lipinski definition) is 2. The second-order valence-corrected chi connectivity index (χ2v) is 5.92. The number of benzene rings is 1. The van der Waals surface area contributed by atoms with E-state index in [0.717, 1.165) is 11.3 Å². The Kier molecular flexibility index (Phi) is 4.67. The van der Waals surface area contributed by atoms with E-state index in [1.165, 1.54) is 17.0 Å². The number of rotatable bonds is 5. The van der Waals surface area contributed by atoms with Crippen LogP contribution >= 0.6 is 23.6 Å². The maximum atomic E-state index is 13.8. The van der Waals surface area contributed by atoms with E-state index in [9.17, 15) is 8.78 Å². The van der Waals surface area contributed by atoms with Crippen LogP contribution < -0.4 is 11.1 Å². The van der Waals surface area contributed by atoms with Gasteiger partial charge in [-0.25, -0.2) is 8.78 Å². The maximum absolute atomic E-state index is 13.8. The summed E-state index contributed by atoms with van der Waals surface area (Å²) >= 11 is 6.31. The minimum Gasteiger partial charge on any atom is -0.389 e. The second kappa shape index (κ2) is 6.28. The highest BCUT2D eigenvalue weighted by molar-refractivity contribution is 7.80. The van der Waals surface area contributed by atoms with E-state index in [-0.39, 0.29) is 16.2 Å². The van der Waals surface area contributed by atoms with Gasteiger partial charge < -0.3 is 11.1 Å². The Morgan fingerprint density at radius 2 is 1.90 bits per heavy atom. The molecule has 0 radical (unpaired) electrons. The van der Waals surface area contributed by atoms with Gasteiger partial charge in [0.1, 0.15) is 4.99 Å². The molecule has 1 aromatic heterocycles. The SMILES string of the molecule is CCc1ccc(CNc2ccc(C(N)=S)c(F)c2F)s1. The molecule has 0 saturated carbocycles. The normalized spacial score (nSPS) is 10.6. The Hall–Kier alpha value is -1.53. The van der Waals surface area contributed by atoms with Crippen molar-refractivity contribution in [3.8, 4) is 0 Å². The average Bonchev–Trinajstić information content (AvgIpc) is 2.88. The Bertz CT molecular complexity index is 638. The molecule has 0 aliphatic carbocycles. The van der Waals surface area contributed by atoms with E-state index in [1.54, 1.807) is 11.3 Å². The number of aryl methyl sites for hydroxylation is 1. The summed E-state index contributed by atoms with van der Waals surface area (Å²) in [6.45, 7) is 2.53. The van der Waals surface area contributed by atoms with Gasteiger partial charge in [-0.3, -0.25) is 0 Å². The summed E-state index contributed by atoms with van der Waals surface area (Å²) < 4.78 is 27.6. The van der Waals surface area contributed by atoms with Gasteiger partial charge in [0, 0.05) is 21.9 Å². The summed E-state index contributed by atoms with van der Waals surface area (Å²) in [5.74, 6) is -1.97. The molecular weight excluding hydrogens is 298 g/mol. The van der Waals surface area contributed by atoms with Gasteiger partial charge in [-0.2, -0.15) is 0 Å². The molecule has 0 saturated heterocycles. The first-order valence-corrected chi connectivity index (χ1v) is 7.34. The fourth-order valence-corrected chi connectivity index (χ4v) is 2.82. The van der Waals surface area contributed by atoms with Gasteiger partial charge in [-0.15, -0.1) is 11.3 Å². The summed E-state index contributed by atoms with van der Waals surface area (Å²) in [5.41, 5.74) is 5.35. The van der Waals surface area contributed by atoms with Gasteiger partial charge >= 0.3 is 0 Å². The third-order valence-corrected chi connectivity index (χ3v) is 4.32. The first-order chi connectivity index (χ1) is 9.52. The lowest BCUT2D eigenvalue weighted by Crippen LogP contribution is -2.13. The van der Waals surface area contributed by atoms with Crippen LogP contribution in [0.3, 0.4) is 0 Å². The minimum atomic E-state index is -1.01. The second-order valence-electron chi connectivity index (χ2n) is 4.23. The molecule has 20 heavy (non-hydrogen) atoms. The fraction of sp³-hybridized carbons (Fsp3) is 0.214. The van der Waals surface area contributed by atoms with Crippen LogP contribution in [0.25, 0.3) is 0 Å². The Morgan fingerprint density at radius 1 is 1.20 bits per heavy atom. The van der Waals surface area contributed by atoms with Crippen molar-refractivity contribution in [2.24, 2.45) is 5.73 Å². The molecule has 2 aromatic rings. The summed E-state index contributed by atoms with van der Waals surface area (Å²) in [5, 5.41) is 2.88. The van der Waals surface area contributed by atoms with Crippen LogP contribution in [0.5, 0.6) is 0 Å². The maximum Gasteiger partial charge on any atom is 0.182 e. The van der Waals surface area contributed by atoms with Gasteiger partial charge in [-0.05, 0) is 30.7 Å². The number of thiophene rings is 1. The molecule has 0 spiro atoms. The minimum absolute atomic E-state index is 0.0764. The Morgan fingerprint density at radius 3 is 2.50 bits per heavy atom. The van der Waals surface area contributed by atoms with Crippen LogP contribution in [0.1, 0.15) is 22.2 Å². The first-order valence-electron chi connectivity index (χ1n) is 6.12. The first kappa shape index (κ1) is 14.9. The van der Waals surface area contributed by atoms with E-state index in [0.29, 0.717) is 6.54 Å². The monoisotopic (exact) mass is 312 g/mol. The van der Waals surface area contributed by atoms with Crippen LogP contribution in [-0.2, 0) is 13.0 Å². The predicted octanol–water partition coefficient (Wildman–Crippen LogP) is 3.84. The summed E-state index contributed by atoms with van der Waals surface area (Å²) in [4.78, 5) is 2.18.